The van der Waals surface area contributed by atoms with Crippen LogP contribution in [0.5, 0.6) is 5.75 Å². The van der Waals surface area contributed by atoms with Gasteiger partial charge in [0.25, 0.3) is 0 Å². The van der Waals surface area contributed by atoms with Crippen molar-refractivity contribution in [3.05, 3.63) is 47.7 Å². The van der Waals surface area contributed by atoms with Gasteiger partial charge in [-0.25, -0.2) is 0 Å². The van der Waals surface area contributed by atoms with Crippen LogP contribution in [0.4, 0.5) is 5.69 Å². The quantitative estimate of drug-likeness (QED) is 0.249. The summed E-state index contributed by atoms with van der Waals surface area (Å²) in [7, 11) is 0. The lowest BCUT2D eigenvalue weighted by Crippen LogP contribution is -2.18. The Bertz CT molecular complexity index is 706. The average Bonchev–Trinajstić information content (AvgIpc) is 2.62. The molecule has 5 nitrogen and oxygen atoms in total. The van der Waals surface area contributed by atoms with Gasteiger partial charge < -0.3 is 15.5 Å². The molecule has 0 aliphatic carbocycles. The number of benzene rings is 1. The Morgan fingerprint density at radius 2 is 2.04 bits per heavy atom. The van der Waals surface area contributed by atoms with Gasteiger partial charge in [-0.15, -0.1) is 0 Å². The number of nitrogens with one attached hydrogen (secondary N) is 2. The number of nitrogens with zero attached hydrogens (tertiary/aromatic N) is 1. The summed E-state index contributed by atoms with van der Waals surface area (Å²) in [6, 6.07) is 5.24. The number of anilines is 1. The van der Waals surface area contributed by atoms with E-state index < -0.39 is 6.10 Å². The number of aliphatic imine (C=N–C) groups is 1. The third-order valence-corrected chi connectivity index (χ3v) is 4.40. The smallest absolute Gasteiger partial charge is 0.116 e. The third kappa shape index (κ3) is 7.79. The number of aromatic hydroxyl groups is 1. The van der Waals surface area contributed by atoms with Crippen molar-refractivity contribution < 1.29 is 10.2 Å². The van der Waals surface area contributed by atoms with E-state index in [2.05, 4.69) is 30.7 Å². The van der Waals surface area contributed by atoms with E-state index in [0.29, 0.717) is 11.1 Å². The Morgan fingerprint density at radius 3 is 2.67 bits per heavy atom. The molecule has 0 bridgehead atoms. The number of rotatable bonds is 11. The Kier molecular flexibility index (Phi) is 9.51. The second-order valence-electron chi connectivity index (χ2n) is 7.00. The predicted molar refractivity (Wildman–Crippen MR) is 115 cm³/mol. The highest BCUT2D eigenvalue weighted by atomic mass is 16.3. The molecule has 148 valence electrons. The molecule has 0 radical (unpaired) electrons. The Labute approximate surface area is 163 Å². The number of allylic oxidation sites excluding steroid dienone is 1. The first-order valence-electron chi connectivity index (χ1n) is 9.51. The first-order chi connectivity index (χ1) is 12.8. The van der Waals surface area contributed by atoms with Crippen molar-refractivity contribution in [3.8, 4) is 5.75 Å². The van der Waals surface area contributed by atoms with Gasteiger partial charge in [-0.05, 0) is 51.0 Å². The van der Waals surface area contributed by atoms with Crippen molar-refractivity contribution >= 4 is 17.6 Å². The minimum Gasteiger partial charge on any atom is -0.508 e. The molecule has 1 aromatic carbocycles. The van der Waals surface area contributed by atoms with Gasteiger partial charge in [0.2, 0.25) is 0 Å². The Balaban J connectivity index is 2.92. The van der Waals surface area contributed by atoms with Crippen LogP contribution in [0.2, 0.25) is 0 Å². The van der Waals surface area contributed by atoms with E-state index in [1.165, 1.54) is 19.1 Å². The Hall–Kier alpha value is -2.40. The first-order valence-corrected chi connectivity index (χ1v) is 9.51. The predicted octanol–water partition coefficient (Wildman–Crippen LogP) is 5.05. The van der Waals surface area contributed by atoms with E-state index in [4.69, 9.17) is 5.41 Å². The summed E-state index contributed by atoms with van der Waals surface area (Å²) in [5, 5.41) is 31.2. The molecule has 0 saturated carbocycles. The van der Waals surface area contributed by atoms with Crippen LogP contribution in [-0.4, -0.2) is 34.3 Å². The van der Waals surface area contributed by atoms with Gasteiger partial charge in [-0.3, -0.25) is 10.4 Å². The van der Waals surface area contributed by atoms with Crippen LogP contribution in [0.25, 0.3) is 0 Å². The minimum atomic E-state index is -0.564. The van der Waals surface area contributed by atoms with Crippen LogP contribution in [0.1, 0.15) is 58.9 Å². The molecule has 0 saturated heterocycles. The van der Waals surface area contributed by atoms with Crippen molar-refractivity contribution in [2.75, 3.05) is 5.32 Å². The molecule has 2 unspecified atom stereocenters. The SMILES string of the molecule is C=C(/C=N\C=C(/C)C(C)O)C(=N)c1cc(O)ccc1NC(C)CCCCC. The molecule has 5 heteroatoms. The molecule has 0 aromatic heterocycles. The van der Waals surface area contributed by atoms with Crippen molar-refractivity contribution in [2.45, 2.75) is 65.5 Å². The first kappa shape index (κ1) is 22.6. The van der Waals surface area contributed by atoms with Gasteiger partial charge in [0.1, 0.15) is 5.75 Å². The second-order valence-corrected chi connectivity index (χ2v) is 7.00. The maximum Gasteiger partial charge on any atom is 0.116 e. The number of hydrogen-bond acceptors (Lipinski definition) is 5. The molecule has 1 rings (SSSR count). The molecule has 0 aliphatic heterocycles. The highest BCUT2D eigenvalue weighted by Gasteiger charge is 2.13. The fraction of sp³-hybridized carbons (Fsp3) is 0.455. The van der Waals surface area contributed by atoms with Gasteiger partial charge >= 0.3 is 0 Å². The maximum atomic E-state index is 9.86. The van der Waals surface area contributed by atoms with Gasteiger partial charge in [0, 0.05) is 35.3 Å². The molecule has 27 heavy (non-hydrogen) atoms. The van der Waals surface area contributed by atoms with Crippen LogP contribution in [-0.2, 0) is 0 Å². The molecule has 4 N–H and O–H groups in total. The minimum absolute atomic E-state index is 0.105. The zero-order chi connectivity index (χ0) is 20.4. The summed E-state index contributed by atoms with van der Waals surface area (Å²) in [5.74, 6) is 0.105. The number of phenols is 1. The molecular weight excluding hydrogens is 338 g/mol. The second kappa shape index (κ2) is 11.3. The zero-order valence-corrected chi connectivity index (χ0v) is 16.9. The molecular formula is C22H33N3O2. The number of aliphatic hydroxyl groups is 1. The van der Waals surface area contributed by atoms with E-state index in [1.54, 1.807) is 38.2 Å². The maximum absolute atomic E-state index is 9.86. The molecule has 0 heterocycles. The molecule has 1 aromatic rings. The summed E-state index contributed by atoms with van der Waals surface area (Å²) >= 11 is 0. The van der Waals surface area contributed by atoms with Gasteiger partial charge in [-0.2, -0.15) is 0 Å². The molecule has 0 aliphatic rings. The largest absolute Gasteiger partial charge is 0.508 e. The molecule has 0 fully saturated rings. The number of aliphatic hydroxyl groups excluding tert-OH is 1. The van der Waals surface area contributed by atoms with E-state index >= 15 is 0 Å². The summed E-state index contributed by atoms with van der Waals surface area (Å²) in [6.45, 7) is 11.7. The van der Waals surface area contributed by atoms with Crippen molar-refractivity contribution in [1.82, 2.24) is 0 Å². The van der Waals surface area contributed by atoms with E-state index in [-0.39, 0.29) is 17.5 Å². The van der Waals surface area contributed by atoms with Crippen LogP contribution >= 0.6 is 0 Å². The van der Waals surface area contributed by atoms with Crippen LogP contribution in [0, 0.1) is 5.41 Å². The van der Waals surface area contributed by atoms with Gasteiger partial charge in [0.15, 0.2) is 0 Å². The van der Waals surface area contributed by atoms with E-state index in [1.807, 2.05) is 0 Å². The normalized spacial score (nSPS) is 14.2. The fourth-order valence-electron chi connectivity index (χ4n) is 2.49. The lowest BCUT2D eigenvalue weighted by atomic mass is 10.0. The van der Waals surface area contributed by atoms with Crippen LogP contribution < -0.4 is 5.32 Å². The number of phenolic OH excluding ortho intramolecular Hbond substituents is 1. The lowest BCUT2D eigenvalue weighted by molar-refractivity contribution is 0.231. The summed E-state index contributed by atoms with van der Waals surface area (Å²) in [6.07, 6.45) is 7.08. The standard InChI is InChI=1S/C22H33N3O2/c1-6-7-8-9-17(4)25-21-11-10-19(27)12-20(21)22(23)16(3)14-24-13-15(2)18(5)26/h10-14,17-18,23,25-27H,3,6-9H2,1-2,4-5H3/b15-13+,23-22?,24-14-. The molecule has 0 spiro atoms. The lowest BCUT2D eigenvalue weighted by Gasteiger charge is -2.19. The van der Waals surface area contributed by atoms with Crippen molar-refractivity contribution in [3.63, 3.8) is 0 Å². The van der Waals surface area contributed by atoms with Crippen LogP contribution in [0.3, 0.4) is 0 Å². The van der Waals surface area contributed by atoms with Crippen molar-refractivity contribution in [2.24, 2.45) is 4.99 Å². The fourth-order valence-corrected chi connectivity index (χ4v) is 2.49. The summed E-state index contributed by atoms with van der Waals surface area (Å²) < 4.78 is 0. The zero-order valence-electron chi connectivity index (χ0n) is 16.9. The van der Waals surface area contributed by atoms with Crippen molar-refractivity contribution in [1.29, 1.82) is 5.41 Å². The molecule has 0 amide bonds. The highest BCUT2D eigenvalue weighted by Crippen LogP contribution is 2.25. The highest BCUT2D eigenvalue weighted by molar-refractivity contribution is 6.24. The number of unbranched alkanes of at least 4 members (excludes halogenated alkanes) is 2. The average molecular weight is 372 g/mol. The van der Waals surface area contributed by atoms with Crippen LogP contribution in [0.15, 0.2) is 47.1 Å². The van der Waals surface area contributed by atoms with Gasteiger partial charge in [-0.1, -0.05) is 32.8 Å². The summed E-state index contributed by atoms with van der Waals surface area (Å²) in [5.41, 5.74) is 2.74. The monoisotopic (exact) mass is 371 g/mol. The topological polar surface area (TPSA) is 88.7 Å². The molecule has 2 atom stereocenters. The van der Waals surface area contributed by atoms with E-state index in [9.17, 15) is 10.2 Å². The third-order valence-electron chi connectivity index (χ3n) is 4.40. The van der Waals surface area contributed by atoms with Gasteiger partial charge in [0.05, 0.1) is 11.8 Å². The summed E-state index contributed by atoms with van der Waals surface area (Å²) in [4.78, 5) is 4.13. The van der Waals surface area contributed by atoms with E-state index in [0.717, 1.165) is 24.1 Å². The Morgan fingerprint density at radius 1 is 1.33 bits per heavy atom. The number of hydrogen-bond donors (Lipinski definition) is 4.